The molecule has 0 aliphatic carbocycles. The summed E-state index contributed by atoms with van der Waals surface area (Å²) in [7, 11) is 1.95. The number of amides is 1. The molecule has 1 fully saturated rings. The predicted molar refractivity (Wildman–Crippen MR) is 98.4 cm³/mol. The van der Waals surface area contributed by atoms with Crippen molar-refractivity contribution in [2.24, 2.45) is 13.0 Å². The maximum absolute atomic E-state index is 12.6. The monoisotopic (exact) mass is 347 g/mol. The summed E-state index contributed by atoms with van der Waals surface area (Å²) in [5.41, 5.74) is 3.50. The van der Waals surface area contributed by atoms with Crippen LogP contribution < -0.4 is 0 Å². The first-order valence-electron chi connectivity index (χ1n) is 8.82. The molecular formula is C20H21N5O. The third-order valence-electron chi connectivity index (χ3n) is 4.86. The molecule has 1 aromatic carbocycles. The standard InChI is InChI=1S/C20H21N5O/c1-24-14-22-12-19(24)18-11-21-10-17(23-18)9-15-7-8-25(13-15)20(26)16-5-3-2-4-6-16/h2-6,10-12,14-15H,7-9,13H2,1H3/t15-/m0/s1. The van der Waals surface area contributed by atoms with Crippen LogP contribution in [0.25, 0.3) is 11.4 Å². The quantitative estimate of drug-likeness (QED) is 0.728. The van der Waals surface area contributed by atoms with Gasteiger partial charge in [0.05, 0.1) is 30.1 Å². The van der Waals surface area contributed by atoms with E-state index in [0.717, 1.165) is 48.6 Å². The van der Waals surface area contributed by atoms with Crippen LogP contribution >= 0.6 is 0 Å². The highest BCUT2D eigenvalue weighted by atomic mass is 16.2. The van der Waals surface area contributed by atoms with Gasteiger partial charge in [0.25, 0.3) is 5.91 Å². The molecule has 1 saturated heterocycles. The van der Waals surface area contributed by atoms with Gasteiger partial charge in [0.1, 0.15) is 5.69 Å². The average molecular weight is 347 g/mol. The minimum absolute atomic E-state index is 0.114. The van der Waals surface area contributed by atoms with Crippen LogP contribution in [0.3, 0.4) is 0 Å². The fourth-order valence-electron chi connectivity index (χ4n) is 3.47. The highest BCUT2D eigenvalue weighted by Crippen LogP contribution is 2.23. The Morgan fingerprint density at radius 2 is 2.00 bits per heavy atom. The van der Waals surface area contributed by atoms with E-state index in [0.29, 0.717) is 5.92 Å². The molecule has 0 radical (unpaired) electrons. The third kappa shape index (κ3) is 3.35. The molecular weight excluding hydrogens is 326 g/mol. The van der Waals surface area contributed by atoms with Gasteiger partial charge in [-0.2, -0.15) is 0 Å². The minimum Gasteiger partial charge on any atom is -0.338 e. The lowest BCUT2D eigenvalue weighted by Crippen LogP contribution is -2.28. The Kier molecular flexibility index (Phi) is 4.48. The van der Waals surface area contributed by atoms with Crippen LogP contribution in [0.15, 0.2) is 55.2 Å². The van der Waals surface area contributed by atoms with E-state index in [4.69, 9.17) is 4.98 Å². The molecule has 0 bridgehead atoms. The predicted octanol–water partition coefficient (Wildman–Crippen LogP) is 2.58. The molecule has 0 spiro atoms. The molecule has 0 unspecified atom stereocenters. The molecule has 2 aromatic heterocycles. The summed E-state index contributed by atoms with van der Waals surface area (Å²) in [5.74, 6) is 0.529. The summed E-state index contributed by atoms with van der Waals surface area (Å²) in [5, 5.41) is 0. The Bertz CT molecular complexity index is 905. The van der Waals surface area contributed by atoms with Crippen LogP contribution in [0.1, 0.15) is 22.5 Å². The van der Waals surface area contributed by atoms with Crippen molar-refractivity contribution in [2.75, 3.05) is 13.1 Å². The van der Waals surface area contributed by atoms with Crippen molar-refractivity contribution >= 4 is 5.91 Å². The fraction of sp³-hybridized carbons (Fsp3) is 0.300. The molecule has 1 amide bonds. The lowest BCUT2D eigenvalue weighted by molar-refractivity contribution is 0.0787. The molecule has 3 aromatic rings. The van der Waals surface area contributed by atoms with Gasteiger partial charge < -0.3 is 9.47 Å². The maximum Gasteiger partial charge on any atom is 0.253 e. The zero-order valence-corrected chi connectivity index (χ0v) is 14.7. The number of benzene rings is 1. The van der Waals surface area contributed by atoms with Crippen LogP contribution in [0, 0.1) is 5.92 Å². The summed E-state index contributed by atoms with van der Waals surface area (Å²) in [6.07, 6.45) is 8.97. The summed E-state index contributed by atoms with van der Waals surface area (Å²) in [6.45, 7) is 1.57. The van der Waals surface area contributed by atoms with Gasteiger partial charge in [0.15, 0.2) is 0 Å². The normalized spacial score (nSPS) is 16.8. The molecule has 1 aliphatic rings. The van der Waals surface area contributed by atoms with Crippen LogP contribution in [0.4, 0.5) is 0 Å². The van der Waals surface area contributed by atoms with E-state index in [1.165, 1.54) is 0 Å². The number of hydrogen-bond acceptors (Lipinski definition) is 4. The summed E-state index contributed by atoms with van der Waals surface area (Å²) in [6, 6.07) is 9.48. The third-order valence-corrected chi connectivity index (χ3v) is 4.86. The maximum atomic E-state index is 12.6. The lowest BCUT2D eigenvalue weighted by Gasteiger charge is -2.16. The first-order chi connectivity index (χ1) is 12.7. The van der Waals surface area contributed by atoms with Crippen LogP contribution in [0.5, 0.6) is 0 Å². The Morgan fingerprint density at radius 1 is 1.15 bits per heavy atom. The Balaban J connectivity index is 1.43. The van der Waals surface area contributed by atoms with Crippen molar-refractivity contribution in [3.05, 3.63) is 66.5 Å². The van der Waals surface area contributed by atoms with Crippen molar-refractivity contribution < 1.29 is 4.79 Å². The number of aryl methyl sites for hydroxylation is 1. The van der Waals surface area contributed by atoms with Gasteiger partial charge in [-0.25, -0.2) is 9.97 Å². The van der Waals surface area contributed by atoms with Crippen molar-refractivity contribution in [3.8, 4) is 11.4 Å². The van der Waals surface area contributed by atoms with E-state index in [9.17, 15) is 4.79 Å². The number of hydrogen-bond donors (Lipinski definition) is 0. The first kappa shape index (κ1) is 16.4. The number of likely N-dealkylation sites (tertiary alicyclic amines) is 1. The second-order valence-electron chi connectivity index (χ2n) is 6.76. The molecule has 0 saturated carbocycles. The van der Waals surface area contributed by atoms with Crippen molar-refractivity contribution in [1.29, 1.82) is 0 Å². The lowest BCUT2D eigenvalue weighted by atomic mass is 10.0. The van der Waals surface area contributed by atoms with Gasteiger partial charge >= 0.3 is 0 Å². The molecule has 132 valence electrons. The van der Waals surface area contributed by atoms with Crippen molar-refractivity contribution in [2.45, 2.75) is 12.8 Å². The number of nitrogens with zero attached hydrogens (tertiary/aromatic N) is 5. The van der Waals surface area contributed by atoms with Crippen molar-refractivity contribution in [3.63, 3.8) is 0 Å². The number of rotatable bonds is 4. The number of aromatic nitrogens is 4. The van der Waals surface area contributed by atoms with E-state index >= 15 is 0 Å². The fourth-order valence-corrected chi connectivity index (χ4v) is 3.47. The number of carbonyl (C=O) groups excluding carboxylic acids is 1. The molecule has 26 heavy (non-hydrogen) atoms. The zero-order valence-electron chi connectivity index (χ0n) is 14.7. The van der Waals surface area contributed by atoms with Gasteiger partial charge in [-0.15, -0.1) is 0 Å². The summed E-state index contributed by atoms with van der Waals surface area (Å²) < 4.78 is 1.93. The highest BCUT2D eigenvalue weighted by Gasteiger charge is 2.27. The van der Waals surface area contributed by atoms with Gasteiger partial charge in [0.2, 0.25) is 0 Å². The van der Waals surface area contributed by atoms with Gasteiger partial charge in [-0.3, -0.25) is 9.78 Å². The second kappa shape index (κ2) is 7.07. The Labute approximate surface area is 152 Å². The minimum atomic E-state index is 0.114. The molecule has 6 heteroatoms. The van der Waals surface area contributed by atoms with Gasteiger partial charge in [-0.1, -0.05) is 18.2 Å². The molecule has 3 heterocycles. The van der Waals surface area contributed by atoms with Gasteiger partial charge in [0, 0.05) is 31.9 Å². The average Bonchev–Trinajstić information content (AvgIpc) is 3.31. The van der Waals surface area contributed by atoms with E-state index in [-0.39, 0.29) is 5.91 Å². The first-order valence-corrected chi connectivity index (χ1v) is 8.82. The van der Waals surface area contributed by atoms with Crippen LogP contribution in [0.2, 0.25) is 0 Å². The number of imidazole rings is 1. The van der Waals surface area contributed by atoms with E-state index in [1.807, 2.05) is 53.0 Å². The van der Waals surface area contributed by atoms with Crippen LogP contribution in [-0.4, -0.2) is 43.4 Å². The topological polar surface area (TPSA) is 63.9 Å². The smallest absolute Gasteiger partial charge is 0.253 e. The Morgan fingerprint density at radius 3 is 2.77 bits per heavy atom. The van der Waals surface area contributed by atoms with E-state index in [2.05, 4.69) is 9.97 Å². The Hall–Kier alpha value is -3.02. The molecule has 0 N–H and O–H groups in total. The van der Waals surface area contributed by atoms with Crippen LogP contribution in [-0.2, 0) is 13.5 Å². The van der Waals surface area contributed by atoms with E-state index in [1.54, 1.807) is 18.7 Å². The zero-order chi connectivity index (χ0) is 17.9. The summed E-state index contributed by atoms with van der Waals surface area (Å²) in [4.78, 5) is 27.7. The SMILES string of the molecule is Cn1cncc1-c1cncc(C[C@@H]2CCN(C(=O)c3ccccc3)C2)n1. The molecule has 1 atom stereocenters. The van der Waals surface area contributed by atoms with Gasteiger partial charge in [-0.05, 0) is 30.9 Å². The molecule has 1 aliphatic heterocycles. The number of carbonyl (C=O) groups is 1. The molecule has 4 rings (SSSR count). The van der Waals surface area contributed by atoms with E-state index < -0.39 is 0 Å². The molecule has 6 nitrogen and oxygen atoms in total. The van der Waals surface area contributed by atoms with Crippen molar-refractivity contribution in [1.82, 2.24) is 24.4 Å². The largest absolute Gasteiger partial charge is 0.338 e. The highest BCUT2D eigenvalue weighted by molar-refractivity contribution is 5.94. The summed E-state index contributed by atoms with van der Waals surface area (Å²) >= 11 is 0. The second-order valence-corrected chi connectivity index (χ2v) is 6.76.